The summed E-state index contributed by atoms with van der Waals surface area (Å²) in [5.74, 6) is 0.314. The van der Waals surface area contributed by atoms with Gasteiger partial charge in [0.1, 0.15) is 5.60 Å². The molecule has 1 aromatic rings. The van der Waals surface area contributed by atoms with Crippen molar-refractivity contribution in [3.63, 3.8) is 0 Å². The molecule has 1 fully saturated rings. The third-order valence-corrected chi connectivity index (χ3v) is 4.23. The summed E-state index contributed by atoms with van der Waals surface area (Å²) in [7, 11) is 0. The highest BCUT2D eigenvalue weighted by Gasteiger charge is 2.26. The molecule has 154 valence electrons. The number of nitrogens with zero attached hydrogens (tertiary/aromatic N) is 3. The number of nitrogens with two attached hydrogens (primary N) is 3. The van der Waals surface area contributed by atoms with E-state index in [-0.39, 0.29) is 18.0 Å². The Hall–Kier alpha value is -2.97. The van der Waals surface area contributed by atoms with Gasteiger partial charge in [0.2, 0.25) is 5.96 Å². The van der Waals surface area contributed by atoms with Gasteiger partial charge >= 0.3 is 6.09 Å². The molecule has 0 saturated carbocycles. The van der Waals surface area contributed by atoms with Gasteiger partial charge in [0, 0.05) is 19.6 Å². The van der Waals surface area contributed by atoms with Gasteiger partial charge in [-0.05, 0) is 51.7 Å². The minimum atomic E-state index is -0.472. The smallest absolute Gasteiger partial charge is 0.410 e. The number of nitrogens with one attached hydrogen (secondary N) is 1. The maximum absolute atomic E-state index is 12.2. The maximum Gasteiger partial charge on any atom is 0.410 e. The summed E-state index contributed by atoms with van der Waals surface area (Å²) in [6.45, 7) is 7.79. The largest absolute Gasteiger partial charge is 0.444 e. The van der Waals surface area contributed by atoms with Crippen LogP contribution in [0.3, 0.4) is 0 Å². The predicted octanol–water partition coefficient (Wildman–Crippen LogP) is 1.97. The average Bonchev–Trinajstić information content (AvgIpc) is 2.59. The first kappa shape index (κ1) is 21.3. The van der Waals surface area contributed by atoms with Crippen molar-refractivity contribution in [3.05, 3.63) is 24.3 Å². The molecule has 2 rings (SSSR count). The highest BCUT2D eigenvalue weighted by molar-refractivity contribution is 5.94. The molecule has 9 heteroatoms. The van der Waals surface area contributed by atoms with E-state index in [0.717, 1.165) is 25.1 Å². The van der Waals surface area contributed by atoms with Gasteiger partial charge < -0.3 is 32.2 Å². The molecular formula is C19H31N7O2. The number of anilines is 1. The second-order valence-electron chi connectivity index (χ2n) is 7.82. The standard InChI is InChI=1S/C19H31N7O2/c1-19(2,3)28-18(27)26-10-8-13(9-11-26)12-23-14-6-4-5-7-15(14)24-17(22)25-16(20)21/h4-7,13,23H,8-12H2,1-3H3,(H6,20,21,22,24,25). The van der Waals surface area contributed by atoms with Gasteiger partial charge in [-0.15, -0.1) is 0 Å². The van der Waals surface area contributed by atoms with Gasteiger partial charge in [0.15, 0.2) is 5.96 Å². The third kappa shape index (κ3) is 6.98. The van der Waals surface area contributed by atoms with Gasteiger partial charge in [-0.1, -0.05) is 12.1 Å². The molecule has 1 saturated heterocycles. The number of likely N-dealkylation sites (tertiary alicyclic amines) is 1. The lowest BCUT2D eigenvalue weighted by molar-refractivity contribution is 0.0188. The van der Waals surface area contributed by atoms with Crippen LogP contribution in [0.2, 0.25) is 0 Å². The molecule has 0 radical (unpaired) electrons. The quantitative estimate of drug-likeness (QED) is 0.458. The molecule has 1 aromatic carbocycles. The Morgan fingerprint density at radius 1 is 1.21 bits per heavy atom. The van der Waals surface area contributed by atoms with Crippen molar-refractivity contribution in [2.24, 2.45) is 33.1 Å². The predicted molar refractivity (Wildman–Crippen MR) is 113 cm³/mol. The molecular weight excluding hydrogens is 358 g/mol. The van der Waals surface area contributed by atoms with Crippen LogP contribution >= 0.6 is 0 Å². The van der Waals surface area contributed by atoms with E-state index in [1.165, 1.54) is 0 Å². The Kier molecular flexibility index (Phi) is 7.08. The second-order valence-corrected chi connectivity index (χ2v) is 7.82. The molecule has 1 amide bonds. The molecule has 1 aliphatic rings. The molecule has 1 heterocycles. The van der Waals surface area contributed by atoms with Crippen molar-refractivity contribution in [2.75, 3.05) is 25.0 Å². The van der Waals surface area contributed by atoms with Crippen LogP contribution in [0.4, 0.5) is 16.2 Å². The number of amides is 1. The summed E-state index contributed by atoms with van der Waals surface area (Å²) in [5.41, 5.74) is 17.4. The Bertz CT molecular complexity index is 728. The van der Waals surface area contributed by atoms with Crippen molar-refractivity contribution in [1.82, 2.24) is 4.90 Å². The minimum absolute atomic E-state index is 0.0000751. The first-order valence-corrected chi connectivity index (χ1v) is 9.38. The fraction of sp³-hybridized carbons (Fsp3) is 0.526. The lowest BCUT2D eigenvalue weighted by atomic mass is 9.97. The maximum atomic E-state index is 12.2. The van der Waals surface area contributed by atoms with Crippen LogP contribution < -0.4 is 22.5 Å². The van der Waals surface area contributed by atoms with Crippen LogP contribution in [0.1, 0.15) is 33.6 Å². The van der Waals surface area contributed by atoms with Crippen molar-refractivity contribution in [2.45, 2.75) is 39.2 Å². The third-order valence-electron chi connectivity index (χ3n) is 4.23. The van der Waals surface area contributed by atoms with E-state index in [9.17, 15) is 4.79 Å². The highest BCUT2D eigenvalue weighted by atomic mass is 16.6. The van der Waals surface area contributed by atoms with Gasteiger partial charge in [0.05, 0.1) is 11.4 Å². The number of para-hydroxylation sites is 2. The van der Waals surface area contributed by atoms with Gasteiger partial charge in [-0.25, -0.2) is 9.79 Å². The van der Waals surface area contributed by atoms with Gasteiger partial charge in [-0.2, -0.15) is 4.99 Å². The number of hydrogen-bond acceptors (Lipinski definition) is 4. The van der Waals surface area contributed by atoms with E-state index in [4.69, 9.17) is 21.9 Å². The monoisotopic (exact) mass is 389 g/mol. The van der Waals surface area contributed by atoms with Crippen LogP contribution in [0.5, 0.6) is 0 Å². The van der Waals surface area contributed by atoms with Crippen molar-refractivity contribution in [3.8, 4) is 0 Å². The summed E-state index contributed by atoms with van der Waals surface area (Å²) >= 11 is 0. The molecule has 1 aliphatic heterocycles. The van der Waals surface area contributed by atoms with E-state index in [0.29, 0.717) is 24.7 Å². The highest BCUT2D eigenvalue weighted by Crippen LogP contribution is 2.26. The summed E-state index contributed by atoms with van der Waals surface area (Å²) in [4.78, 5) is 21.9. The lowest BCUT2D eigenvalue weighted by Crippen LogP contribution is -2.42. The van der Waals surface area contributed by atoms with E-state index < -0.39 is 5.60 Å². The molecule has 0 aromatic heterocycles. The van der Waals surface area contributed by atoms with Crippen LogP contribution in [0, 0.1) is 5.92 Å². The first-order chi connectivity index (χ1) is 13.1. The molecule has 0 bridgehead atoms. The number of carbonyl (C=O) groups excluding carboxylic acids is 1. The zero-order chi connectivity index (χ0) is 20.7. The summed E-state index contributed by atoms with van der Waals surface area (Å²) in [6, 6.07) is 7.55. The van der Waals surface area contributed by atoms with Crippen LogP contribution in [0.25, 0.3) is 0 Å². The van der Waals surface area contributed by atoms with E-state index in [2.05, 4.69) is 15.3 Å². The number of rotatable bonds is 4. The fourth-order valence-corrected chi connectivity index (χ4v) is 2.90. The number of carbonyl (C=O) groups is 1. The van der Waals surface area contributed by atoms with E-state index >= 15 is 0 Å². The number of ether oxygens (including phenoxy) is 1. The topological polar surface area (TPSA) is 144 Å². The molecule has 0 aliphatic carbocycles. The van der Waals surface area contributed by atoms with E-state index in [1.807, 2.05) is 45.0 Å². The summed E-state index contributed by atoms with van der Waals surface area (Å²) in [6.07, 6.45) is 1.58. The Labute approximate surface area is 166 Å². The van der Waals surface area contributed by atoms with Crippen LogP contribution in [-0.4, -0.2) is 48.1 Å². The number of aliphatic imine (C=N–C) groups is 2. The summed E-state index contributed by atoms with van der Waals surface area (Å²) in [5, 5.41) is 3.42. The van der Waals surface area contributed by atoms with Crippen LogP contribution in [-0.2, 0) is 4.74 Å². The van der Waals surface area contributed by atoms with Crippen molar-refractivity contribution < 1.29 is 9.53 Å². The normalized spacial score (nSPS) is 15.8. The Morgan fingerprint density at radius 2 is 1.86 bits per heavy atom. The zero-order valence-electron chi connectivity index (χ0n) is 16.8. The minimum Gasteiger partial charge on any atom is -0.444 e. The molecule has 0 spiro atoms. The molecule has 0 unspecified atom stereocenters. The second kappa shape index (κ2) is 9.29. The lowest BCUT2D eigenvalue weighted by Gasteiger charge is -2.33. The van der Waals surface area contributed by atoms with Crippen molar-refractivity contribution in [1.29, 1.82) is 0 Å². The van der Waals surface area contributed by atoms with Crippen LogP contribution in [0.15, 0.2) is 34.3 Å². The Balaban J connectivity index is 1.89. The fourth-order valence-electron chi connectivity index (χ4n) is 2.90. The molecule has 0 atom stereocenters. The summed E-state index contributed by atoms with van der Waals surface area (Å²) < 4.78 is 5.44. The number of hydrogen-bond donors (Lipinski definition) is 4. The number of guanidine groups is 2. The zero-order valence-corrected chi connectivity index (χ0v) is 16.8. The first-order valence-electron chi connectivity index (χ1n) is 9.38. The molecule has 9 nitrogen and oxygen atoms in total. The Morgan fingerprint density at radius 3 is 2.46 bits per heavy atom. The number of benzene rings is 1. The van der Waals surface area contributed by atoms with Gasteiger partial charge in [0.25, 0.3) is 0 Å². The number of piperidine rings is 1. The molecule has 7 N–H and O–H groups in total. The van der Waals surface area contributed by atoms with Crippen molar-refractivity contribution >= 4 is 29.4 Å². The van der Waals surface area contributed by atoms with E-state index in [1.54, 1.807) is 4.90 Å². The SMILES string of the molecule is CC(C)(C)OC(=O)N1CCC(CNc2ccccc2N=C(N)N=C(N)N)CC1. The molecule has 28 heavy (non-hydrogen) atoms. The average molecular weight is 390 g/mol. The van der Waals surface area contributed by atoms with Gasteiger partial charge in [-0.3, -0.25) is 0 Å².